The number of hydrogen-bond acceptors (Lipinski definition) is 2. The fourth-order valence-corrected chi connectivity index (χ4v) is 2.42. The van der Waals surface area contributed by atoms with Crippen LogP contribution in [0.5, 0.6) is 0 Å². The fraction of sp³-hybridized carbons (Fsp3) is 0.917. The zero-order chi connectivity index (χ0) is 11.3. The maximum atomic E-state index is 11.8. The lowest BCUT2D eigenvalue weighted by atomic mass is 9.90. The number of amides is 1. The Hall–Kier alpha value is -0.570. The quantitative estimate of drug-likeness (QED) is 0.768. The van der Waals surface area contributed by atoms with Gasteiger partial charge in [-0.25, -0.2) is 0 Å². The van der Waals surface area contributed by atoms with E-state index in [1.165, 1.54) is 0 Å². The minimum atomic E-state index is 0.338. The first-order valence-corrected chi connectivity index (χ1v) is 6.17. The summed E-state index contributed by atoms with van der Waals surface area (Å²) in [6.07, 6.45) is 3.92. The van der Waals surface area contributed by atoms with E-state index in [1.807, 2.05) is 11.9 Å². The summed E-state index contributed by atoms with van der Waals surface area (Å²) in [4.78, 5) is 13.8. The summed E-state index contributed by atoms with van der Waals surface area (Å²) in [6, 6.07) is 0.598. The van der Waals surface area contributed by atoms with Crippen LogP contribution in [0.15, 0.2) is 0 Å². The molecule has 0 aromatic carbocycles. The summed E-state index contributed by atoms with van der Waals surface area (Å²) in [5.74, 6) is 0.968. The Kier molecular flexibility index (Phi) is 5.09. The van der Waals surface area contributed by atoms with Crippen molar-refractivity contribution in [1.29, 1.82) is 0 Å². The lowest BCUT2D eigenvalue weighted by molar-refractivity contribution is -0.133. The molecule has 1 rings (SSSR count). The number of nitrogens with one attached hydrogen (secondary N) is 1. The van der Waals surface area contributed by atoms with Gasteiger partial charge in [0.2, 0.25) is 5.91 Å². The van der Waals surface area contributed by atoms with Crippen LogP contribution in [0.3, 0.4) is 0 Å². The standard InChI is InChI=1S/C12H24N2O/c1-4-6-12(15)14-8-7-11(13-3)10(5-2)9-14/h10-11,13H,4-9H2,1-3H3. The Morgan fingerprint density at radius 1 is 1.47 bits per heavy atom. The Bertz CT molecular complexity index is 206. The maximum Gasteiger partial charge on any atom is 0.222 e. The van der Waals surface area contributed by atoms with Crippen molar-refractivity contribution >= 4 is 5.91 Å². The first kappa shape index (κ1) is 12.5. The third-order valence-electron chi connectivity index (χ3n) is 3.45. The highest BCUT2D eigenvalue weighted by Crippen LogP contribution is 2.20. The SMILES string of the molecule is CCCC(=O)N1CCC(NC)C(CC)C1. The molecule has 0 spiro atoms. The Balaban J connectivity index is 2.48. The molecule has 1 saturated heterocycles. The summed E-state index contributed by atoms with van der Waals surface area (Å²) in [7, 11) is 2.02. The van der Waals surface area contributed by atoms with Gasteiger partial charge >= 0.3 is 0 Å². The summed E-state index contributed by atoms with van der Waals surface area (Å²) in [5, 5.41) is 3.36. The van der Waals surface area contributed by atoms with Gasteiger partial charge in [-0.15, -0.1) is 0 Å². The number of carbonyl (C=O) groups is 1. The summed E-state index contributed by atoms with van der Waals surface area (Å²) >= 11 is 0. The van der Waals surface area contributed by atoms with Crippen molar-refractivity contribution < 1.29 is 4.79 Å². The van der Waals surface area contributed by atoms with E-state index in [0.717, 1.165) is 32.4 Å². The van der Waals surface area contributed by atoms with Crippen LogP contribution in [-0.4, -0.2) is 37.0 Å². The molecule has 0 aromatic heterocycles. The van der Waals surface area contributed by atoms with Gasteiger partial charge in [-0.05, 0) is 25.8 Å². The average Bonchev–Trinajstić information content (AvgIpc) is 2.28. The monoisotopic (exact) mass is 212 g/mol. The molecule has 0 radical (unpaired) electrons. The zero-order valence-electron chi connectivity index (χ0n) is 10.3. The topological polar surface area (TPSA) is 32.3 Å². The van der Waals surface area contributed by atoms with Gasteiger partial charge < -0.3 is 10.2 Å². The van der Waals surface area contributed by atoms with Crippen molar-refractivity contribution in [3.05, 3.63) is 0 Å². The number of piperidine rings is 1. The van der Waals surface area contributed by atoms with Crippen molar-refractivity contribution in [1.82, 2.24) is 10.2 Å². The molecule has 1 aliphatic rings. The molecular formula is C12H24N2O. The van der Waals surface area contributed by atoms with Crippen molar-refractivity contribution in [3.63, 3.8) is 0 Å². The largest absolute Gasteiger partial charge is 0.342 e. The lowest BCUT2D eigenvalue weighted by Crippen LogP contribution is -2.49. The number of nitrogens with zero attached hydrogens (tertiary/aromatic N) is 1. The zero-order valence-corrected chi connectivity index (χ0v) is 10.3. The third kappa shape index (κ3) is 3.20. The van der Waals surface area contributed by atoms with Gasteiger partial charge in [0.15, 0.2) is 0 Å². The van der Waals surface area contributed by atoms with Gasteiger partial charge in [-0.2, -0.15) is 0 Å². The predicted molar refractivity (Wildman–Crippen MR) is 62.7 cm³/mol. The minimum Gasteiger partial charge on any atom is -0.342 e. The van der Waals surface area contributed by atoms with Gasteiger partial charge in [0.05, 0.1) is 0 Å². The highest BCUT2D eigenvalue weighted by molar-refractivity contribution is 5.76. The van der Waals surface area contributed by atoms with Gasteiger partial charge in [-0.3, -0.25) is 4.79 Å². The molecule has 1 amide bonds. The number of rotatable bonds is 4. The van der Waals surface area contributed by atoms with Crippen LogP contribution in [0, 0.1) is 5.92 Å². The van der Waals surface area contributed by atoms with Crippen LogP contribution in [0.25, 0.3) is 0 Å². The number of likely N-dealkylation sites (tertiary alicyclic amines) is 1. The molecule has 0 saturated carbocycles. The molecule has 1 fully saturated rings. The van der Waals surface area contributed by atoms with Crippen LogP contribution in [0.4, 0.5) is 0 Å². The van der Waals surface area contributed by atoms with Crippen molar-refractivity contribution in [3.8, 4) is 0 Å². The van der Waals surface area contributed by atoms with Gasteiger partial charge in [-0.1, -0.05) is 20.3 Å². The van der Waals surface area contributed by atoms with Crippen LogP contribution in [0.2, 0.25) is 0 Å². The van der Waals surface area contributed by atoms with E-state index in [4.69, 9.17) is 0 Å². The molecule has 0 bridgehead atoms. The molecule has 2 unspecified atom stereocenters. The molecule has 0 aromatic rings. The molecular weight excluding hydrogens is 188 g/mol. The first-order chi connectivity index (χ1) is 7.22. The van der Waals surface area contributed by atoms with E-state index in [-0.39, 0.29) is 0 Å². The summed E-state index contributed by atoms with van der Waals surface area (Å²) < 4.78 is 0. The van der Waals surface area contributed by atoms with E-state index in [9.17, 15) is 4.79 Å². The van der Waals surface area contributed by atoms with Gasteiger partial charge in [0, 0.05) is 25.6 Å². The third-order valence-corrected chi connectivity index (χ3v) is 3.45. The highest BCUT2D eigenvalue weighted by Gasteiger charge is 2.28. The van der Waals surface area contributed by atoms with Crippen LogP contribution in [-0.2, 0) is 4.79 Å². The Labute approximate surface area is 93.2 Å². The van der Waals surface area contributed by atoms with Crippen LogP contribution >= 0.6 is 0 Å². The molecule has 1 N–H and O–H groups in total. The second kappa shape index (κ2) is 6.11. The van der Waals surface area contributed by atoms with Gasteiger partial charge in [0.1, 0.15) is 0 Å². The second-order valence-electron chi connectivity index (χ2n) is 4.44. The van der Waals surface area contributed by atoms with E-state index in [1.54, 1.807) is 0 Å². The molecule has 1 heterocycles. The second-order valence-corrected chi connectivity index (χ2v) is 4.44. The van der Waals surface area contributed by atoms with Crippen LogP contribution < -0.4 is 5.32 Å². The number of hydrogen-bond donors (Lipinski definition) is 1. The van der Waals surface area contributed by atoms with Crippen molar-refractivity contribution in [2.75, 3.05) is 20.1 Å². The van der Waals surface area contributed by atoms with Crippen LogP contribution in [0.1, 0.15) is 39.5 Å². The average molecular weight is 212 g/mol. The molecule has 15 heavy (non-hydrogen) atoms. The molecule has 3 nitrogen and oxygen atoms in total. The fourth-order valence-electron chi connectivity index (χ4n) is 2.42. The molecule has 3 heteroatoms. The Morgan fingerprint density at radius 2 is 2.20 bits per heavy atom. The smallest absolute Gasteiger partial charge is 0.222 e. The number of carbonyl (C=O) groups excluding carboxylic acids is 1. The van der Waals surface area contributed by atoms with Gasteiger partial charge in [0.25, 0.3) is 0 Å². The Morgan fingerprint density at radius 3 is 2.73 bits per heavy atom. The minimum absolute atomic E-state index is 0.338. The van der Waals surface area contributed by atoms with E-state index in [0.29, 0.717) is 24.3 Å². The summed E-state index contributed by atoms with van der Waals surface area (Å²) in [5.41, 5.74) is 0. The van der Waals surface area contributed by atoms with E-state index >= 15 is 0 Å². The highest BCUT2D eigenvalue weighted by atomic mass is 16.2. The van der Waals surface area contributed by atoms with Crippen molar-refractivity contribution in [2.45, 2.75) is 45.6 Å². The molecule has 0 aliphatic carbocycles. The van der Waals surface area contributed by atoms with E-state index in [2.05, 4.69) is 19.2 Å². The van der Waals surface area contributed by atoms with E-state index < -0.39 is 0 Å². The molecule has 2 atom stereocenters. The normalized spacial score (nSPS) is 26.7. The molecule has 1 aliphatic heterocycles. The maximum absolute atomic E-state index is 11.8. The first-order valence-electron chi connectivity index (χ1n) is 6.17. The van der Waals surface area contributed by atoms with Crippen molar-refractivity contribution in [2.24, 2.45) is 5.92 Å². The molecule has 88 valence electrons. The lowest BCUT2D eigenvalue weighted by Gasteiger charge is -2.38. The summed E-state index contributed by atoms with van der Waals surface area (Å²) in [6.45, 7) is 6.15. The predicted octanol–water partition coefficient (Wildman–Crippen LogP) is 1.63.